The molecule has 2 aliphatic rings. The summed E-state index contributed by atoms with van der Waals surface area (Å²) in [6, 6.07) is 28.8. The van der Waals surface area contributed by atoms with Gasteiger partial charge in [0.1, 0.15) is 0 Å². The van der Waals surface area contributed by atoms with Crippen LogP contribution in [0.5, 0.6) is 0 Å². The van der Waals surface area contributed by atoms with Crippen LogP contribution in [0, 0.1) is 33.1 Å². The number of hydrogen-bond donors (Lipinski definition) is 0. The predicted molar refractivity (Wildman–Crippen MR) is 169 cm³/mol. The molecule has 2 nitrogen and oxygen atoms in total. The first-order valence-electron chi connectivity index (χ1n) is 11.5. The molecule has 2 unspecified atom stereocenters. The summed E-state index contributed by atoms with van der Waals surface area (Å²) in [5.41, 5.74) is 11.3. The Hall–Kier alpha value is -2.98. The first-order valence-corrected chi connectivity index (χ1v) is 11.5. The van der Waals surface area contributed by atoms with Crippen molar-refractivity contribution in [3.8, 4) is 0 Å². The monoisotopic (exact) mass is 555 g/mol. The SMILES string of the molecule is C1=CC2[CH-]CCC2C=C1.C=C(C(=C)c1ccccc1)c1ccccc1.[CH3-].[CH3-].[NH-]C(=O)c1ccccc1.[SiH4].[Ti+4]. The molecule has 2 aliphatic carbocycles. The van der Waals surface area contributed by atoms with E-state index in [-0.39, 0.29) is 47.5 Å². The second kappa shape index (κ2) is 20.0. The Morgan fingerprint density at radius 3 is 1.47 bits per heavy atom. The molecule has 0 aromatic heterocycles. The quantitative estimate of drug-likeness (QED) is 0.182. The van der Waals surface area contributed by atoms with Crippen LogP contribution in [0.2, 0.25) is 0 Å². The molecule has 5 rings (SSSR count). The minimum Gasteiger partial charge on any atom is -0.664 e. The van der Waals surface area contributed by atoms with Gasteiger partial charge >= 0.3 is 21.7 Å². The van der Waals surface area contributed by atoms with E-state index in [9.17, 15) is 4.79 Å². The van der Waals surface area contributed by atoms with E-state index in [1.165, 1.54) is 12.8 Å². The van der Waals surface area contributed by atoms with Gasteiger partial charge in [-0.3, -0.25) is 0 Å². The summed E-state index contributed by atoms with van der Waals surface area (Å²) in [7, 11) is 0. The van der Waals surface area contributed by atoms with Gasteiger partial charge in [-0.1, -0.05) is 129 Å². The van der Waals surface area contributed by atoms with Crippen molar-refractivity contribution < 1.29 is 26.5 Å². The summed E-state index contributed by atoms with van der Waals surface area (Å²) >= 11 is 0. The Morgan fingerprint density at radius 2 is 1.11 bits per heavy atom. The maximum absolute atomic E-state index is 10.3. The molecule has 0 radical (unpaired) electrons. The van der Waals surface area contributed by atoms with E-state index in [1.54, 1.807) is 24.3 Å². The van der Waals surface area contributed by atoms with E-state index in [1.807, 2.05) is 42.5 Å². The van der Waals surface area contributed by atoms with Crippen LogP contribution in [0.3, 0.4) is 0 Å². The van der Waals surface area contributed by atoms with Crippen LogP contribution in [-0.4, -0.2) is 16.9 Å². The van der Waals surface area contributed by atoms with Crippen molar-refractivity contribution in [2.45, 2.75) is 12.8 Å². The minimum atomic E-state index is -0.629. The van der Waals surface area contributed by atoms with Crippen molar-refractivity contribution in [2.24, 2.45) is 11.8 Å². The summed E-state index contributed by atoms with van der Waals surface area (Å²) in [4.78, 5) is 10.3. The average Bonchev–Trinajstić information content (AvgIpc) is 3.39. The average molecular weight is 556 g/mol. The van der Waals surface area contributed by atoms with Gasteiger partial charge in [0, 0.05) is 0 Å². The number of fused-ring (bicyclic) bond motifs is 1. The normalized spacial score (nSPS) is 15.5. The van der Waals surface area contributed by atoms with Crippen molar-refractivity contribution >= 4 is 28.0 Å². The molecule has 0 aliphatic heterocycles. The van der Waals surface area contributed by atoms with Crippen molar-refractivity contribution in [2.75, 3.05) is 0 Å². The molecule has 3 aromatic rings. The number of hydrogen-bond acceptors (Lipinski definition) is 1. The van der Waals surface area contributed by atoms with Crippen LogP contribution in [0.15, 0.2) is 128 Å². The molecular weight excluding hydrogens is 514 g/mol. The molecule has 1 N–H and O–H groups in total. The van der Waals surface area contributed by atoms with Gasteiger partial charge < -0.3 is 31.8 Å². The van der Waals surface area contributed by atoms with Crippen LogP contribution in [0.1, 0.15) is 34.3 Å². The zero-order valence-electron chi connectivity index (χ0n) is 21.9. The van der Waals surface area contributed by atoms with E-state index in [2.05, 4.69) is 68.1 Å². The molecule has 38 heavy (non-hydrogen) atoms. The molecule has 1 fully saturated rings. The molecule has 0 bridgehead atoms. The van der Waals surface area contributed by atoms with Gasteiger partial charge in [0.15, 0.2) is 0 Å². The molecular formula is C34H41NOSiTi. The van der Waals surface area contributed by atoms with Crippen LogP contribution in [-0.2, 0) is 21.7 Å². The van der Waals surface area contributed by atoms with E-state index < -0.39 is 5.91 Å². The Labute approximate surface area is 250 Å². The fourth-order valence-electron chi connectivity index (χ4n) is 3.91. The Morgan fingerprint density at radius 1 is 0.711 bits per heavy atom. The number of amides is 1. The smallest absolute Gasteiger partial charge is 0.664 e. The standard InChI is InChI=1S/C16H14.C9H11.C7H7NO.2CH3.H4Si.Ti/c1-13(15-9-5-3-6-10-15)14(2)16-11-7-4-8-12-16;1-2-5-9-7-3-6-8(9)4-1;8-7(9)6-4-2-1-3-5-6;;;;/h3-12H,1-2H2;1-2,4-6,8-9H,3,7H2;1-5H,(H2,8,9);2*1H3;1H4;/q;-1;;2*-1;;+4/p-1. The molecule has 3 aromatic carbocycles. The molecule has 0 saturated heterocycles. The number of benzene rings is 3. The van der Waals surface area contributed by atoms with Crippen molar-refractivity contribution in [1.29, 1.82) is 0 Å². The molecule has 4 heteroatoms. The van der Waals surface area contributed by atoms with Crippen LogP contribution < -0.4 is 0 Å². The topological polar surface area (TPSA) is 40.9 Å². The summed E-state index contributed by atoms with van der Waals surface area (Å²) in [5.74, 6) is 0.987. The zero-order valence-corrected chi connectivity index (χ0v) is 23.5. The minimum absolute atomic E-state index is 0. The Balaban J connectivity index is 0. The first kappa shape index (κ1) is 37.2. The number of rotatable bonds is 4. The molecule has 196 valence electrons. The second-order valence-corrected chi connectivity index (χ2v) is 8.21. The third kappa shape index (κ3) is 11.6. The number of allylic oxidation sites excluding steroid dienone is 6. The maximum atomic E-state index is 10.3. The maximum Gasteiger partial charge on any atom is 4.00 e. The predicted octanol–water partition coefficient (Wildman–Crippen LogP) is 8.08. The molecule has 0 heterocycles. The van der Waals surface area contributed by atoms with Gasteiger partial charge in [0.25, 0.3) is 0 Å². The fourth-order valence-corrected chi connectivity index (χ4v) is 3.91. The van der Waals surface area contributed by atoms with Gasteiger partial charge in [-0.25, -0.2) is 0 Å². The number of carbonyl (C=O) groups excluding carboxylic acids is 1. The van der Waals surface area contributed by atoms with Crippen LogP contribution in [0.4, 0.5) is 0 Å². The van der Waals surface area contributed by atoms with Crippen LogP contribution in [0.25, 0.3) is 16.9 Å². The Kier molecular flexibility index (Phi) is 19.6. The fraction of sp³-hybridized carbons (Fsp3) is 0.118. The second-order valence-electron chi connectivity index (χ2n) is 8.21. The summed E-state index contributed by atoms with van der Waals surface area (Å²) < 4.78 is 0. The van der Waals surface area contributed by atoms with Crippen molar-refractivity contribution in [1.82, 2.24) is 0 Å². The summed E-state index contributed by atoms with van der Waals surface area (Å²) in [6.45, 7) is 8.20. The van der Waals surface area contributed by atoms with Crippen LogP contribution >= 0.6 is 0 Å². The largest absolute Gasteiger partial charge is 4.00 e. The Bertz CT molecular complexity index is 1070. The third-order valence-electron chi connectivity index (χ3n) is 5.88. The van der Waals surface area contributed by atoms with Gasteiger partial charge in [-0.05, 0) is 44.7 Å². The van der Waals surface area contributed by atoms with Gasteiger partial charge in [0.2, 0.25) is 0 Å². The van der Waals surface area contributed by atoms with Crippen molar-refractivity contribution in [3.63, 3.8) is 0 Å². The number of carbonyl (C=O) groups is 1. The van der Waals surface area contributed by atoms with E-state index in [4.69, 9.17) is 5.73 Å². The summed E-state index contributed by atoms with van der Waals surface area (Å²) in [5, 5.41) is 0. The zero-order chi connectivity index (χ0) is 24.2. The van der Waals surface area contributed by atoms with E-state index in [0.717, 1.165) is 34.1 Å². The molecule has 0 spiro atoms. The van der Waals surface area contributed by atoms with E-state index >= 15 is 0 Å². The molecule has 2 atom stereocenters. The number of nitrogens with one attached hydrogen (secondary N) is 1. The van der Waals surface area contributed by atoms with Gasteiger partial charge in [-0.15, -0.1) is 12.0 Å². The van der Waals surface area contributed by atoms with Gasteiger partial charge in [0.05, 0.1) is 5.91 Å². The summed E-state index contributed by atoms with van der Waals surface area (Å²) in [6.07, 6.45) is 14.1. The molecule has 1 amide bonds. The van der Waals surface area contributed by atoms with E-state index in [0.29, 0.717) is 5.56 Å². The van der Waals surface area contributed by atoms with Crippen molar-refractivity contribution in [3.05, 3.63) is 172 Å². The van der Waals surface area contributed by atoms with Gasteiger partial charge in [-0.2, -0.15) is 6.42 Å². The first-order chi connectivity index (χ1) is 16.6. The third-order valence-corrected chi connectivity index (χ3v) is 5.88. The molecule has 1 saturated carbocycles.